The first-order valence-electron chi connectivity index (χ1n) is 7.29. The number of pyridine rings is 1. The van der Waals surface area contributed by atoms with Crippen molar-refractivity contribution in [2.75, 3.05) is 13.2 Å². The minimum Gasteiger partial charge on any atom is -0.486 e. The second-order valence-corrected chi connectivity index (χ2v) is 5.09. The van der Waals surface area contributed by atoms with E-state index in [0.717, 1.165) is 11.5 Å². The molecule has 0 fully saturated rings. The lowest BCUT2D eigenvalue weighted by Gasteiger charge is -2.26. The van der Waals surface area contributed by atoms with Gasteiger partial charge >= 0.3 is 0 Å². The van der Waals surface area contributed by atoms with Crippen molar-refractivity contribution in [2.24, 2.45) is 0 Å². The van der Waals surface area contributed by atoms with Crippen LogP contribution >= 0.6 is 0 Å². The van der Waals surface area contributed by atoms with Crippen LogP contribution < -0.4 is 14.8 Å². The van der Waals surface area contributed by atoms with Crippen LogP contribution in [-0.2, 0) is 0 Å². The van der Waals surface area contributed by atoms with Crippen LogP contribution in [0.3, 0.4) is 0 Å². The van der Waals surface area contributed by atoms with Crippen LogP contribution in [0.5, 0.6) is 11.5 Å². The first-order valence-corrected chi connectivity index (χ1v) is 7.29. The Hall–Kier alpha value is -3.07. The molecule has 1 atom stereocenters. The standard InChI is InChI=1S/C17H15N3O3/c18-9-13-6-5-12(10-20-13)17(21)19-8-7-14-11-22-15-3-1-2-4-16(15)23-14/h1-6,10,14H,7-8,11H2,(H,19,21)/t14-/m1/s1. The molecule has 0 saturated heterocycles. The van der Waals surface area contributed by atoms with Crippen molar-refractivity contribution in [3.05, 3.63) is 53.9 Å². The molecule has 0 saturated carbocycles. The van der Waals surface area contributed by atoms with Crippen molar-refractivity contribution in [1.82, 2.24) is 10.3 Å². The zero-order valence-corrected chi connectivity index (χ0v) is 12.4. The summed E-state index contributed by atoms with van der Waals surface area (Å²) in [7, 11) is 0. The summed E-state index contributed by atoms with van der Waals surface area (Å²) in [4.78, 5) is 15.9. The van der Waals surface area contributed by atoms with E-state index >= 15 is 0 Å². The summed E-state index contributed by atoms with van der Waals surface area (Å²) in [5.41, 5.74) is 0.711. The van der Waals surface area contributed by atoms with Gasteiger partial charge in [0.25, 0.3) is 5.91 Å². The highest BCUT2D eigenvalue weighted by atomic mass is 16.6. The van der Waals surface area contributed by atoms with Crippen LogP contribution in [0.15, 0.2) is 42.6 Å². The molecule has 1 aromatic carbocycles. The van der Waals surface area contributed by atoms with E-state index in [1.165, 1.54) is 12.3 Å². The van der Waals surface area contributed by atoms with Crippen molar-refractivity contribution >= 4 is 5.91 Å². The second kappa shape index (κ2) is 6.79. The summed E-state index contributed by atoms with van der Waals surface area (Å²) in [5.74, 6) is 1.25. The summed E-state index contributed by atoms with van der Waals surface area (Å²) < 4.78 is 11.5. The number of para-hydroxylation sites is 2. The quantitative estimate of drug-likeness (QED) is 0.932. The highest BCUT2D eigenvalue weighted by molar-refractivity contribution is 5.93. The number of hydrogen-bond donors (Lipinski definition) is 1. The van der Waals surface area contributed by atoms with Gasteiger partial charge < -0.3 is 14.8 Å². The molecule has 0 spiro atoms. The van der Waals surface area contributed by atoms with Crippen LogP contribution in [0.2, 0.25) is 0 Å². The minimum atomic E-state index is -0.223. The molecule has 0 unspecified atom stereocenters. The Morgan fingerprint density at radius 3 is 2.87 bits per heavy atom. The maximum Gasteiger partial charge on any atom is 0.252 e. The van der Waals surface area contributed by atoms with Crippen LogP contribution in [0, 0.1) is 11.3 Å². The Bertz CT molecular complexity index is 737. The lowest BCUT2D eigenvalue weighted by Crippen LogP contribution is -2.34. The number of hydrogen-bond acceptors (Lipinski definition) is 5. The molecule has 0 radical (unpaired) electrons. The smallest absolute Gasteiger partial charge is 0.252 e. The Balaban J connectivity index is 1.48. The number of ether oxygens (including phenoxy) is 2. The van der Waals surface area contributed by atoms with Crippen LogP contribution in [0.25, 0.3) is 0 Å². The van der Waals surface area contributed by atoms with Gasteiger partial charge in [0.05, 0.1) is 5.56 Å². The van der Waals surface area contributed by atoms with Crippen molar-refractivity contribution in [3.8, 4) is 17.6 Å². The van der Waals surface area contributed by atoms with Crippen molar-refractivity contribution in [2.45, 2.75) is 12.5 Å². The van der Waals surface area contributed by atoms with Crippen molar-refractivity contribution < 1.29 is 14.3 Å². The topological polar surface area (TPSA) is 84.2 Å². The predicted molar refractivity (Wildman–Crippen MR) is 82.3 cm³/mol. The third kappa shape index (κ3) is 3.58. The zero-order valence-electron chi connectivity index (χ0n) is 12.4. The van der Waals surface area contributed by atoms with Gasteiger partial charge in [0, 0.05) is 19.2 Å². The van der Waals surface area contributed by atoms with E-state index in [2.05, 4.69) is 10.3 Å². The molecule has 0 aliphatic carbocycles. The van der Waals surface area contributed by atoms with Gasteiger partial charge in [0.1, 0.15) is 24.5 Å². The fourth-order valence-electron chi connectivity index (χ4n) is 2.25. The Kier molecular flexibility index (Phi) is 4.39. The van der Waals surface area contributed by atoms with E-state index in [1.54, 1.807) is 6.07 Å². The van der Waals surface area contributed by atoms with Crippen LogP contribution in [0.1, 0.15) is 22.5 Å². The number of fused-ring (bicyclic) bond motifs is 1. The number of carbonyl (C=O) groups excluding carboxylic acids is 1. The van der Waals surface area contributed by atoms with E-state index < -0.39 is 0 Å². The average molecular weight is 309 g/mol. The molecular formula is C17H15N3O3. The number of rotatable bonds is 4. The fraction of sp³-hybridized carbons (Fsp3) is 0.235. The van der Waals surface area contributed by atoms with Gasteiger partial charge in [-0.2, -0.15) is 5.26 Å². The summed E-state index contributed by atoms with van der Waals surface area (Å²) in [5, 5.41) is 11.5. The monoisotopic (exact) mass is 309 g/mol. The number of nitrogens with one attached hydrogen (secondary N) is 1. The normalized spacial score (nSPS) is 15.5. The Morgan fingerprint density at radius 2 is 2.13 bits per heavy atom. The molecular weight excluding hydrogens is 294 g/mol. The summed E-state index contributed by atoms with van der Waals surface area (Å²) in [6.45, 7) is 0.931. The third-order valence-corrected chi connectivity index (χ3v) is 3.46. The molecule has 0 bridgehead atoms. The molecule has 1 amide bonds. The fourth-order valence-corrected chi connectivity index (χ4v) is 2.25. The average Bonchev–Trinajstić information content (AvgIpc) is 2.61. The van der Waals surface area contributed by atoms with Gasteiger partial charge in [-0.3, -0.25) is 4.79 Å². The largest absolute Gasteiger partial charge is 0.486 e. The van der Waals surface area contributed by atoms with E-state index in [1.807, 2.05) is 30.3 Å². The number of nitriles is 1. The number of aromatic nitrogens is 1. The molecule has 2 heterocycles. The van der Waals surface area contributed by atoms with Gasteiger partial charge in [-0.05, 0) is 24.3 Å². The number of benzene rings is 1. The molecule has 1 aliphatic heterocycles. The number of amides is 1. The second-order valence-electron chi connectivity index (χ2n) is 5.09. The Morgan fingerprint density at radius 1 is 1.30 bits per heavy atom. The highest BCUT2D eigenvalue weighted by Crippen LogP contribution is 2.31. The van der Waals surface area contributed by atoms with Crippen LogP contribution in [-0.4, -0.2) is 30.1 Å². The number of carbonyl (C=O) groups is 1. The van der Waals surface area contributed by atoms with Crippen molar-refractivity contribution in [3.63, 3.8) is 0 Å². The number of nitrogens with zero attached hydrogens (tertiary/aromatic N) is 2. The summed E-state index contributed by atoms with van der Waals surface area (Å²) in [6, 6.07) is 12.5. The molecule has 1 aliphatic rings. The molecule has 116 valence electrons. The molecule has 6 heteroatoms. The first-order chi connectivity index (χ1) is 11.3. The van der Waals surface area contributed by atoms with E-state index in [9.17, 15) is 4.79 Å². The Labute approximate surface area is 133 Å². The van der Waals surface area contributed by atoms with Gasteiger partial charge in [-0.1, -0.05) is 12.1 Å². The molecule has 2 aromatic rings. The van der Waals surface area contributed by atoms with Gasteiger partial charge in [-0.25, -0.2) is 4.98 Å². The third-order valence-electron chi connectivity index (χ3n) is 3.46. The lowest BCUT2D eigenvalue weighted by molar-refractivity contribution is 0.0812. The summed E-state index contributed by atoms with van der Waals surface area (Å²) >= 11 is 0. The predicted octanol–water partition coefficient (Wildman–Crippen LogP) is 1.91. The summed E-state index contributed by atoms with van der Waals surface area (Å²) in [6.07, 6.45) is 1.94. The van der Waals surface area contributed by atoms with Gasteiger partial charge in [0.15, 0.2) is 11.5 Å². The maximum atomic E-state index is 12.0. The van der Waals surface area contributed by atoms with Crippen molar-refractivity contribution in [1.29, 1.82) is 5.26 Å². The lowest BCUT2D eigenvalue weighted by atomic mass is 10.2. The molecule has 23 heavy (non-hydrogen) atoms. The SMILES string of the molecule is N#Cc1ccc(C(=O)NCC[C@@H]2COc3ccccc3O2)cn1. The van der Waals surface area contributed by atoms with E-state index in [4.69, 9.17) is 14.7 Å². The molecule has 3 rings (SSSR count). The van der Waals surface area contributed by atoms with Gasteiger partial charge in [0.2, 0.25) is 0 Å². The molecule has 6 nitrogen and oxygen atoms in total. The van der Waals surface area contributed by atoms with Crippen LogP contribution in [0.4, 0.5) is 0 Å². The minimum absolute atomic E-state index is 0.0933. The maximum absolute atomic E-state index is 12.0. The van der Waals surface area contributed by atoms with E-state index in [0.29, 0.717) is 25.1 Å². The van der Waals surface area contributed by atoms with Gasteiger partial charge in [-0.15, -0.1) is 0 Å². The van der Waals surface area contributed by atoms with E-state index in [-0.39, 0.29) is 17.7 Å². The highest BCUT2D eigenvalue weighted by Gasteiger charge is 2.20. The molecule has 1 N–H and O–H groups in total. The zero-order chi connectivity index (χ0) is 16.1. The first kappa shape index (κ1) is 14.9. The molecule has 1 aromatic heterocycles.